The van der Waals surface area contributed by atoms with Gasteiger partial charge in [-0.1, -0.05) is 36.2 Å². The van der Waals surface area contributed by atoms with Crippen molar-refractivity contribution < 1.29 is 0 Å². The van der Waals surface area contributed by atoms with Crippen molar-refractivity contribution in [1.29, 1.82) is 0 Å². The molecule has 5 heteroatoms. The Kier molecular flexibility index (Phi) is 10.3. The van der Waals surface area contributed by atoms with Crippen LogP contribution in [0.25, 0.3) is 0 Å². The molecule has 0 saturated carbocycles. The summed E-state index contributed by atoms with van der Waals surface area (Å²) in [6.45, 7) is 7.62. The molecule has 2 rings (SSSR count). The number of hydrogen-bond donors (Lipinski definition) is 2. The van der Waals surface area contributed by atoms with Gasteiger partial charge in [0.25, 0.3) is 0 Å². The Morgan fingerprint density at radius 2 is 1.87 bits per heavy atom. The smallest absolute Gasteiger partial charge is 0.191 e. The van der Waals surface area contributed by atoms with Crippen LogP contribution < -0.4 is 10.6 Å². The Hall–Kier alpha value is -0.820. The third kappa shape index (κ3) is 8.01. The molecule has 1 aromatic carbocycles. The molecule has 0 unspecified atom stereocenters. The minimum absolute atomic E-state index is 0. The van der Waals surface area contributed by atoms with Crippen LogP contribution in [0.15, 0.2) is 29.3 Å². The fraction of sp³-hybridized carbons (Fsp3) is 0.611. The first-order valence-corrected chi connectivity index (χ1v) is 8.50. The Morgan fingerprint density at radius 3 is 2.57 bits per heavy atom. The normalized spacial score (nSPS) is 15.8. The third-order valence-corrected chi connectivity index (χ3v) is 4.18. The summed E-state index contributed by atoms with van der Waals surface area (Å²) < 4.78 is 0. The highest BCUT2D eigenvalue weighted by molar-refractivity contribution is 14.0. The maximum Gasteiger partial charge on any atom is 0.191 e. The summed E-state index contributed by atoms with van der Waals surface area (Å²) in [6.07, 6.45) is 5.12. The molecule has 1 fully saturated rings. The number of guanidine groups is 1. The Bertz CT molecular complexity index is 470. The molecule has 0 aliphatic carbocycles. The van der Waals surface area contributed by atoms with E-state index in [-0.39, 0.29) is 24.0 Å². The standard InChI is InChI=1S/C18H30N4.HI/c1-16-7-6-8-17(15-16)9-10-20-18(19-2)21-11-14-22-12-4-3-5-13-22;/h6-8,15H,3-5,9-14H2,1-2H3,(H2,19,20,21);1H. The summed E-state index contributed by atoms with van der Waals surface area (Å²) in [6, 6.07) is 8.68. The van der Waals surface area contributed by atoms with Crippen molar-refractivity contribution in [3.63, 3.8) is 0 Å². The second kappa shape index (κ2) is 11.7. The van der Waals surface area contributed by atoms with Crippen molar-refractivity contribution in [2.75, 3.05) is 39.8 Å². The van der Waals surface area contributed by atoms with Gasteiger partial charge >= 0.3 is 0 Å². The van der Waals surface area contributed by atoms with Gasteiger partial charge in [0.2, 0.25) is 0 Å². The molecular formula is C18H31IN4. The van der Waals surface area contributed by atoms with E-state index in [1.54, 1.807) is 0 Å². The molecule has 0 amide bonds. The largest absolute Gasteiger partial charge is 0.356 e. The number of aliphatic imine (C=N–C) groups is 1. The predicted octanol–water partition coefficient (Wildman–Crippen LogP) is 2.81. The lowest BCUT2D eigenvalue weighted by Gasteiger charge is -2.26. The number of nitrogens with one attached hydrogen (secondary N) is 2. The van der Waals surface area contributed by atoms with Crippen molar-refractivity contribution in [2.24, 2.45) is 4.99 Å². The molecule has 1 aliphatic heterocycles. The van der Waals surface area contributed by atoms with Gasteiger partial charge in [0, 0.05) is 26.7 Å². The second-order valence-corrected chi connectivity index (χ2v) is 6.07. The molecule has 130 valence electrons. The molecule has 1 aromatic rings. The van der Waals surface area contributed by atoms with Crippen LogP contribution in [0.4, 0.5) is 0 Å². The maximum atomic E-state index is 4.30. The van der Waals surface area contributed by atoms with Gasteiger partial charge in [-0.25, -0.2) is 0 Å². The van der Waals surface area contributed by atoms with E-state index in [1.807, 2.05) is 7.05 Å². The van der Waals surface area contributed by atoms with E-state index in [2.05, 4.69) is 51.7 Å². The summed E-state index contributed by atoms with van der Waals surface area (Å²) in [5.74, 6) is 0.907. The molecule has 1 saturated heterocycles. The Balaban J connectivity index is 0.00000264. The minimum Gasteiger partial charge on any atom is -0.356 e. The number of piperidine rings is 1. The monoisotopic (exact) mass is 430 g/mol. The highest BCUT2D eigenvalue weighted by Gasteiger charge is 2.09. The molecule has 0 bridgehead atoms. The SMILES string of the molecule is CN=C(NCCc1cccc(C)c1)NCCN1CCCCC1.I. The molecule has 4 nitrogen and oxygen atoms in total. The Labute approximate surface area is 158 Å². The Morgan fingerprint density at radius 1 is 1.13 bits per heavy atom. The molecule has 0 aromatic heterocycles. The lowest BCUT2D eigenvalue weighted by atomic mass is 10.1. The molecule has 0 radical (unpaired) electrons. The zero-order valence-corrected chi connectivity index (χ0v) is 16.8. The zero-order valence-electron chi connectivity index (χ0n) is 14.5. The summed E-state index contributed by atoms with van der Waals surface area (Å²) in [5, 5.41) is 6.81. The number of halogens is 1. The summed E-state index contributed by atoms with van der Waals surface area (Å²) in [5.41, 5.74) is 2.69. The van der Waals surface area contributed by atoms with Crippen LogP contribution >= 0.6 is 24.0 Å². The van der Waals surface area contributed by atoms with Crippen LogP contribution in [0.5, 0.6) is 0 Å². The number of nitrogens with zero attached hydrogens (tertiary/aromatic N) is 2. The van der Waals surface area contributed by atoms with Gasteiger partial charge in [-0.05, 0) is 44.8 Å². The van der Waals surface area contributed by atoms with Gasteiger partial charge in [-0.3, -0.25) is 4.99 Å². The van der Waals surface area contributed by atoms with E-state index in [0.29, 0.717) is 0 Å². The molecule has 23 heavy (non-hydrogen) atoms. The third-order valence-electron chi connectivity index (χ3n) is 4.18. The first-order chi connectivity index (χ1) is 10.8. The zero-order chi connectivity index (χ0) is 15.6. The van der Waals surface area contributed by atoms with Gasteiger partial charge in [-0.2, -0.15) is 0 Å². The first kappa shape index (κ1) is 20.2. The second-order valence-electron chi connectivity index (χ2n) is 6.07. The van der Waals surface area contributed by atoms with Crippen LogP contribution in [0.1, 0.15) is 30.4 Å². The van der Waals surface area contributed by atoms with E-state index >= 15 is 0 Å². The molecule has 0 atom stereocenters. The molecule has 1 heterocycles. The molecule has 1 aliphatic rings. The first-order valence-electron chi connectivity index (χ1n) is 8.50. The van der Waals surface area contributed by atoms with Crippen LogP contribution in [-0.2, 0) is 6.42 Å². The highest BCUT2D eigenvalue weighted by Crippen LogP contribution is 2.07. The van der Waals surface area contributed by atoms with Gasteiger partial charge in [0.05, 0.1) is 0 Å². The number of benzene rings is 1. The fourth-order valence-corrected chi connectivity index (χ4v) is 2.93. The van der Waals surface area contributed by atoms with Crippen LogP contribution in [0.3, 0.4) is 0 Å². The molecule has 0 spiro atoms. The maximum absolute atomic E-state index is 4.30. The van der Waals surface area contributed by atoms with E-state index in [1.165, 1.54) is 43.5 Å². The lowest BCUT2D eigenvalue weighted by molar-refractivity contribution is 0.232. The van der Waals surface area contributed by atoms with Gasteiger partial charge < -0.3 is 15.5 Å². The van der Waals surface area contributed by atoms with Gasteiger partial charge in [-0.15, -0.1) is 24.0 Å². The predicted molar refractivity (Wildman–Crippen MR) is 110 cm³/mol. The molecular weight excluding hydrogens is 399 g/mol. The highest BCUT2D eigenvalue weighted by atomic mass is 127. The van der Waals surface area contributed by atoms with Crippen molar-refractivity contribution in [1.82, 2.24) is 15.5 Å². The van der Waals surface area contributed by atoms with Crippen molar-refractivity contribution in [3.8, 4) is 0 Å². The van der Waals surface area contributed by atoms with Crippen LogP contribution in [0.2, 0.25) is 0 Å². The number of likely N-dealkylation sites (tertiary alicyclic amines) is 1. The average Bonchev–Trinajstić information content (AvgIpc) is 2.54. The van der Waals surface area contributed by atoms with Gasteiger partial charge in [0.1, 0.15) is 0 Å². The average molecular weight is 430 g/mol. The van der Waals surface area contributed by atoms with Crippen molar-refractivity contribution >= 4 is 29.9 Å². The summed E-state index contributed by atoms with van der Waals surface area (Å²) >= 11 is 0. The van der Waals surface area contributed by atoms with Crippen LogP contribution in [-0.4, -0.2) is 50.6 Å². The van der Waals surface area contributed by atoms with E-state index in [9.17, 15) is 0 Å². The van der Waals surface area contributed by atoms with Crippen molar-refractivity contribution in [2.45, 2.75) is 32.6 Å². The van der Waals surface area contributed by atoms with Crippen molar-refractivity contribution in [3.05, 3.63) is 35.4 Å². The summed E-state index contributed by atoms with van der Waals surface area (Å²) in [4.78, 5) is 6.83. The van der Waals surface area contributed by atoms with Gasteiger partial charge in [0.15, 0.2) is 5.96 Å². The number of aryl methyl sites for hydroxylation is 1. The number of hydrogen-bond acceptors (Lipinski definition) is 2. The van der Waals surface area contributed by atoms with E-state index in [0.717, 1.165) is 32.0 Å². The van der Waals surface area contributed by atoms with E-state index < -0.39 is 0 Å². The van der Waals surface area contributed by atoms with Crippen LogP contribution in [0, 0.1) is 6.92 Å². The number of rotatable bonds is 6. The van der Waals surface area contributed by atoms with E-state index in [4.69, 9.17) is 0 Å². The minimum atomic E-state index is 0. The quantitative estimate of drug-likeness (QED) is 0.414. The molecule has 2 N–H and O–H groups in total. The lowest BCUT2D eigenvalue weighted by Crippen LogP contribution is -2.43. The fourth-order valence-electron chi connectivity index (χ4n) is 2.93. The topological polar surface area (TPSA) is 39.7 Å². The summed E-state index contributed by atoms with van der Waals surface area (Å²) in [7, 11) is 1.84.